The molecule has 0 radical (unpaired) electrons. The lowest BCUT2D eigenvalue weighted by molar-refractivity contribution is -0.385. The second-order valence-electron chi connectivity index (χ2n) is 9.95. The molecule has 0 aliphatic heterocycles. The van der Waals surface area contributed by atoms with E-state index in [-0.39, 0.29) is 24.8 Å². The van der Waals surface area contributed by atoms with Gasteiger partial charge in [-0.2, -0.15) is 0 Å². The van der Waals surface area contributed by atoms with Crippen LogP contribution in [0.2, 0.25) is 0 Å². The van der Waals surface area contributed by atoms with Crippen molar-refractivity contribution in [2.24, 2.45) is 0 Å². The molecule has 2 aromatic heterocycles. The predicted octanol–water partition coefficient (Wildman–Crippen LogP) is 8.76. The first kappa shape index (κ1) is 40.4. The van der Waals surface area contributed by atoms with Crippen molar-refractivity contribution in [3.63, 3.8) is 0 Å². The lowest BCUT2D eigenvalue weighted by atomic mass is 10.1. The molecule has 48 heavy (non-hydrogen) atoms. The van der Waals surface area contributed by atoms with Gasteiger partial charge in [0.05, 0.1) is 60.7 Å². The molecular weight excluding hydrogens is 651 g/mol. The summed E-state index contributed by atoms with van der Waals surface area (Å²) in [7, 11) is 3.04. The Morgan fingerprint density at radius 2 is 1.08 bits per heavy atom. The third-order valence-electron chi connectivity index (χ3n) is 5.94. The molecule has 2 heterocycles. The minimum Gasteiger partial charge on any atom is -0.506 e. The minimum absolute atomic E-state index is 0. The molecule has 4 aromatic rings. The molecule has 1 N–H and O–H groups in total. The molecule has 0 unspecified atom stereocenters. The first-order valence-electron chi connectivity index (χ1n) is 13.4. The molecule has 0 saturated heterocycles. The largest absolute Gasteiger partial charge is 0.506 e. The van der Waals surface area contributed by atoms with Gasteiger partial charge in [0.2, 0.25) is 11.8 Å². The number of nitrogens with zero attached hydrogens (tertiary/aromatic N) is 4. The summed E-state index contributed by atoms with van der Waals surface area (Å²) < 4.78 is 79.8. The van der Waals surface area contributed by atoms with Gasteiger partial charge in [-0.25, -0.2) is 31.9 Å². The van der Waals surface area contributed by atoms with E-state index in [1.54, 1.807) is 19.2 Å². The molecule has 0 aliphatic carbocycles. The van der Waals surface area contributed by atoms with Crippen LogP contribution >= 0.6 is 0 Å². The first-order chi connectivity index (χ1) is 22.0. The van der Waals surface area contributed by atoms with Crippen molar-refractivity contribution in [2.75, 3.05) is 14.2 Å². The summed E-state index contributed by atoms with van der Waals surface area (Å²) in [5.41, 5.74) is 0.125. The molecule has 0 bridgehead atoms. The number of ether oxygens (including phenoxy) is 3. The zero-order valence-corrected chi connectivity index (χ0v) is 25.8. The van der Waals surface area contributed by atoms with Gasteiger partial charge in [0.1, 0.15) is 11.5 Å². The average Bonchev–Trinajstić information content (AvgIpc) is 3.01. The Morgan fingerprint density at radius 1 is 0.688 bits per heavy atom. The highest BCUT2D eigenvalue weighted by molar-refractivity contribution is 5.43. The first-order valence-corrected chi connectivity index (χ1v) is 13.4. The summed E-state index contributed by atoms with van der Waals surface area (Å²) in [5, 5.41) is 29.7. The van der Waals surface area contributed by atoms with E-state index in [9.17, 15) is 42.2 Å². The van der Waals surface area contributed by atoms with E-state index in [2.05, 4.69) is 9.97 Å². The quantitative estimate of drug-likeness (QED) is 0.0822. The fourth-order valence-electron chi connectivity index (χ4n) is 3.65. The highest BCUT2D eigenvalue weighted by atomic mass is 19.2. The number of nitro groups is 2. The summed E-state index contributed by atoms with van der Waals surface area (Å²) in [4.78, 5) is 26.6. The third-order valence-corrected chi connectivity index (χ3v) is 5.94. The number of aromatic nitrogens is 2. The number of pyridine rings is 2. The molecular formula is C31H33F5N4O8. The highest BCUT2D eigenvalue weighted by Crippen LogP contribution is 2.34. The van der Waals surface area contributed by atoms with E-state index in [1.807, 2.05) is 27.7 Å². The number of methoxy groups -OCH3 is 2. The molecule has 0 aliphatic rings. The fourth-order valence-corrected chi connectivity index (χ4v) is 3.65. The van der Waals surface area contributed by atoms with E-state index < -0.39 is 56.1 Å². The van der Waals surface area contributed by atoms with Crippen LogP contribution in [-0.4, -0.2) is 39.1 Å². The molecule has 0 atom stereocenters. The maximum atomic E-state index is 13.8. The Balaban J connectivity index is 0.000000390. The molecule has 4 rings (SSSR count). The zero-order chi connectivity index (χ0) is 35.6. The lowest BCUT2D eigenvalue weighted by Crippen LogP contribution is -2.00. The van der Waals surface area contributed by atoms with Crippen molar-refractivity contribution in [3.8, 4) is 29.0 Å². The van der Waals surface area contributed by atoms with Crippen LogP contribution in [0.25, 0.3) is 0 Å². The number of aromatic hydroxyl groups is 1. The zero-order valence-electron chi connectivity index (χ0n) is 25.8. The lowest BCUT2D eigenvalue weighted by Gasteiger charge is -2.13. The number of halogens is 5. The van der Waals surface area contributed by atoms with Crippen molar-refractivity contribution in [3.05, 3.63) is 109 Å². The van der Waals surface area contributed by atoms with Crippen LogP contribution in [0.1, 0.15) is 58.1 Å². The van der Waals surface area contributed by atoms with Crippen molar-refractivity contribution in [2.45, 2.75) is 47.0 Å². The normalized spacial score (nSPS) is 10.2. The maximum Gasteiger partial charge on any atom is 0.275 e. The molecule has 0 saturated carbocycles. The van der Waals surface area contributed by atoms with Crippen LogP contribution in [0.5, 0.6) is 29.0 Å². The topological polar surface area (TPSA) is 160 Å². The molecule has 12 nitrogen and oxygen atoms in total. The number of nitro benzene ring substituents is 2. The van der Waals surface area contributed by atoms with Crippen molar-refractivity contribution in [1.82, 2.24) is 9.97 Å². The third kappa shape index (κ3) is 10.7. The second kappa shape index (κ2) is 17.9. The number of rotatable bonds is 8. The van der Waals surface area contributed by atoms with Gasteiger partial charge < -0.3 is 19.3 Å². The van der Waals surface area contributed by atoms with Gasteiger partial charge in [-0.05, 0) is 24.0 Å². The van der Waals surface area contributed by atoms with E-state index in [0.29, 0.717) is 47.5 Å². The standard InChI is InChI=1S/C15H14F2N2O4.C9H13NO2.C6H2F3NO2.CH4/c1-8(2)11-6-10(7-18-15(11)22-3)23-14-12(16)4-9(19(20)21)5-13(14)17;1-6(2)8-4-7(11)5-10-9(8)12-3;7-4-1-3(10(11)12)2-5(8)6(4)9;/h4-8H,1-3H3;4-6,11H,1-3H3;1-2H;1H4. The average molecular weight is 685 g/mol. The number of non-ortho nitro benzene ring substituents is 2. The van der Waals surface area contributed by atoms with Gasteiger partial charge in [-0.15, -0.1) is 0 Å². The predicted molar refractivity (Wildman–Crippen MR) is 164 cm³/mol. The Labute approximate surface area is 272 Å². The summed E-state index contributed by atoms with van der Waals surface area (Å²) in [6, 6.07) is 5.06. The smallest absolute Gasteiger partial charge is 0.275 e. The van der Waals surface area contributed by atoms with Crippen molar-refractivity contribution in [1.29, 1.82) is 0 Å². The summed E-state index contributed by atoms with van der Waals surface area (Å²) in [5.74, 6) is -6.30. The fraction of sp³-hybridized carbons (Fsp3) is 0.290. The number of hydrogen-bond donors (Lipinski definition) is 1. The second-order valence-corrected chi connectivity index (χ2v) is 9.95. The maximum absolute atomic E-state index is 13.8. The van der Waals surface area contributed by atoms with Gasteiger partial charge in [-0.3, -0.25) is 20.2 Å². The van der Waals surface area contributed by atoms with Crippen molar-refractivity contribution >= 4 is 11.4 Å². The Morgan fingerprint density at radius 3 is 1.48 bits per heavy atom. The molecule has 0 fully saturated rings. The van der Waals surface area contributed by atoms with Crippen molar-refractivity contribution < 1.29 is 51.1 Å². The van der Waals surface area contributed by atoms with Crippen LogP contribution in [0.4, 0.5) is 33.3 Å². The number of hydrogen-bond acceptors (Lipinski definition) is 10. The monoisotopic (exact) mass is 684 g/mol. The molecule has 0 amide bonds. The summed E-state index contributed by atoms with van der Waals surface area (Å²) in [6.45, 7) is 7.85. The van der Waals surface area contributed by atoms with Gasteiger partial charge in [0.15, 0.2) is 34.8 Å². The van der Waals surface area contributed by atoms with Crippen LogP contribution in [0.3, 0.4) is 0 Å². The van der Waals surface area contributed by atoms with Crippen LogP contribution in [0, 0.1) is 49.3 Å². The van der Waals surface area contributed by atoms with Crippen LogP contribution < -0.4 is 14.2 Å². The Hall–Kier alpha value is -5.61. The van der Waals surface area contributed by atoms with Gasteiger partial charge in [0.25, 0.3) is 11.4 Å². The van der Waals surface area contributed by atoms with E-state index >= 15 is 0 Å². The number of benzene rings is 2. The van der Waals surface area contributed by atoms with Crippen LogP contribution in [-0.2, 0) is 0 Å². The Bertz CT molecular complexity index is 1700. The molecule has 17 heteroatoms. The van der Waals surface area contributed by atoms with Gasteiger partial charge >= 0.3 is 0 Å². The Kier molecular flexibility index (Phi) is 15.1. The highest BCUT2D eigenvalue weighted by Gasteiger charge is 2.20. The van der Waals surface area contributed by atoms with E-state index in [1.165, 1.54) is 19.5 Å². The summed E-state index contributed by atoms with van der Waals surface area (Å²) in [6.07, 6.45) is 2.63. The summed E-state index contributed by atoms with van der Waals surface area (Å²) >= 11 is 0. The van der Waals surface area contributed by atoms with E-state index in [0.717, 1.165) is 5.56 Å². The SMILES string of the molecule is C.COc1ncc(O)cc1C(C)C.COc1ncc(Oc2c(F)cc([N+](=O)[O-])cc2F)cc1C(C)C.O=[N+]([O-])c1cc(F)c(F)c(F)c1. The van der Waals surface area contributed by atoms with Crippen LogP contribution in [0.15, 0.2) is 48.8 Å². The molecule has 0 spiro atoms. The van der Waals surface area contributed by atoms with E-state index in [4.69, 9.17) is 19.3 Å². The minimum atomic E-state index is -1.71. The van der Waals surface area contributed by atoms with Gasteiger partial charge in [0, 0.05) is 11.1 Å². The molecule has 260 valence electrons. The molecule has 2 aromatic carbocycles. The van der Waals surface area contributed by atoms with Gasteiger partial charge in [-0.1, -0.05) is 35.1 Å².